The lowest BCUT2D eigenvalue weighted by Crippen LogP contribution is -2.27. The Morgan fingerprint density at radius 3 is 2.72 bits per heavy atom. The molecule has 0 saturated heterocycles. The number of nitrogens with one attached hydrogen (secondary N) is 1. The van der Waals surface area contributed by atoms with Crippen molar-refractivity contribution < 1.29 is 19.4 Å². The summed E-state index contributed by atoms with van der Waals surface area (Å²) in [5.41, 5.74) is 0.188. The Labute approximate surface area is 106 Å². The topological polar surface area (TPSA) is 82.7 Å². The summed E-state index contributed by atoms with van der Waals surface area (Å²) < 4.78 is 5.15. The van der Waals surface area contributed by atoms with Crippen LogP contribution in [0, 0.1) is 5.92 Å². The predicted molar refractivity (Wildman–Crippen MR) is 65.3 cm³/mol. The molecule has 1 aliphatic carbocycles. The minimum Gasteiger partial charge on any atom is -0.478 e. The van der Waals surface area contributed by atoms with Crippen LogP contribution >= 0.6 is 0 Å². The molecule has 0 aromatic carbocycles. The molecule has 100 valence electrons. The maximum Gasteiger partial charge on any atom is 0.338 e. The largest absolute Gasteiger partial charge is 0.478 e. The summed E-state index contributed by atoms with van der Waals surface area (Å²) in [6.45, 7) is 1.43. The van der Waals surface area contributed by atoms with Gasteiger partial charge in [-0.15, -0.1) is 0 Å². The van der Waals surface area contributed by atoms with Crippen LogP contribution in [0.5, 0.6) is 0 Å². The average molecular weight is 253 g/mol. The molecule has 0 radical (unpaired) electrons. The number of rotatable bonds is 5. The van der Waals surface area contributed by atoms with E-state index in [-0.39, 0.29) is 11.7 Å². The molecule has 5 nitrogen and oxygen atoms in total. The van der Waals surface area contributed by atoms with Crippen molar-refractivity contribution in [1.29, 1.82) is 0 Å². The molecule has 0 unspecified atom stereocenters. The highest BCUT2D eigenvalue weighted by Gasteiger charge is 2.18. The van der Waals surface area contributed by atoms with Crippen LogP contribution in [0.1, 0.15) is 41.8 Å². The number of carboxylic acids is 1. The zero-order valence-electron chi connectivity index (χ0n) is 10.3. The molecule has 1 heterocycles. The summed E-state index contributed by atoms with van der Waals surface area (Å²) in [6, 6.07) is 1.54. The third-order valence-electron chi connectivity index (χ3n) is 3.45. The Balaban J connectivity index is 1.70. The number of carboxylic acid groups (broad SMARTS) is 1. The smallest absolute Gasteiger partial charge is 0.338 e. The number of hydrogen-bond acceptors (Lipinski definition) is 4. The van der Waals surface area contributed by atoms with Crippen LogP contribution in [0.25, 0.3) is 0 Å². The maximum atomic E-state index is 10.7. The molecule has 0 atom stereocenters. The van der Waals surface area contributed by atoms with Crippen molar-refractivity contribution in [3.63, 3.8) is 0 Å². The molecular weight excluding hydrogens is 234 g/mol. The zero-order valence-corrected chi connectivity index (χ0v) is 10.3. The normalized spacial score (nSPS) is 24.1. The number of aliphatic hydroxyl groups excluding tert-OH is 1. The zero-order chi connectivity index (χ0) is 13.0. The molecule has 1 fully saturated rings. The molecular formula is C13H19NO4. The fourth-order valence-electron chi connectivity index (χ4n) is 2.33. The van der Waals surface area contributed by atoms with Crippen LogP contribution in [-0.4, -0.2) is 28.8 Å². The molecule has 1 aromatic heterocycles. The van der Waals surface area contributed by atoms with Crippen LogP contribution in [0.15, 0.2) is 16.7 Å². The summed E-state index contributed by atoms with van der Waals surface area (Å²) in [5.74, 6) is 0.275. The second-order valence-corrected chi connectivity index (χ2v) is 4.91. The lowest BCUT2D eigenvalue weighted by atomic mass is 9.87. The summed E-state index contributed by atoms with van der Waals surface area (Å²) in [5, 5.41) is 21.4. The van der Waals surface area contributed by atoms with E-state index >= 15 is 0 Å². The van der Waals surface area contributed by atoms with E-state index in [1.54, 1.807) is 6.07 Å². The van der Waals surface area contributed by atoms with E-state index in [9.17, 15) is 9.90 Å². The van der Waals surface area contributed by atoms with Gasteiger partial charge >= 0.3 is 5.97 Å². The van der Waals surface area contributed by atoms with Crippen LogP contribution in [0.3, 0.4) is 0 Å². The quantitative estimate of drug-likeness (QED) is 0.742. The van der Waals surface area contributed by atoms with Gasteiger partial charge in [0.2, 0.25) is 0 Å². The Morgan fingerprint density at radius 2 is 2.11 bits per heavy atom. The minimum absolute atomic E-state index is 0.121. The van der Waals surface area contributed by atoms with Crippen LogP contribution < -0.4 is 5.32 Å². The number of aliphatic hydroxyl groups is 1. The fourth-order valence-corrected chi connectivity index (χ4v) is 2.33. The van der Waals surface area contributed by atoms with E-state index in [4.69, 9.17) is 9.52 Å². The molecule has 0 aliphatic heterocycles. The van der Waals surface area contributed by atoms with E-state index in [0.29, 0.717) is 18.2 Å². The lowest BCUT2D eigenvalue weighted by Gasteiger charge is -2.25. The van der Waals surface area contributed by atoms with Crippen molar-refractivity contribution in [2.24, 2.45) is 5.92 Å². The SMILES string of the molecule is O=C(O)c1coc(CNCC2CCC(O)CC2)c1. The van der Waals surface area contributed by atoms with Gasteiger partial charge in [-0.1, -0.05) is 0 Å². The Morgan fingerprint density at radius 1 is 1.39 bits per heavy atom. The Hall–Kier alpha value is -1.33. The Bertz CT molecular complexity index is 393. The van der Waals surface area contributed by atoms with E-state index in [0.717, 1.165) is 32.2 Å². The van der Waals surface area contributed by atoms with Crippen molar-refractivity contribution in [1.82, 2.24) is 5.32 Å². The first-order chi connectivity index (χ1) is 8.65. The number of aromatic carboxylic acids is 1. The second-order valence-electron chi connectivity index (χ2n) is 4.91. The van der Waals surface area contributed by atoms with Crippen molar-refractivity contribution in [2.75, 3.05) is 6.54 Å². The van der Waals surface area contributed by atoms with Crippen LogP contribution in [-0.2, 0) is 6.54 Å². The first kappa shape index (κ1) is 13.1. The molecule has 0 spiro atoms. The van der Waals surface area contributed by atoms with Gasteiger partial charge in [0.25, 0.3) is 0 Å². The number of carbonyl (C=O) groups is 1. The van der Waals surface area contributed by atoms with Gasteiger partial charge in [0.1, 0.15) is 12.0 Å². The summed E-state index contributed by atoms with van der Waals surface area (Å²) in [4.78, 5) is 10.7. The van der Waals surface area contributed by atoms with E-state index in [1.807, 2.05) is 0 Å². The van der Waals surface area contributed by atoms with Crippen molar-refractivity contribution in [3.8, 4) is 0 Å². The molecule has 1 saturated carbocycles. The van der Waals surface area contributed by atoms with Gasteiger partial charge in [-0.25, -0.2) is 4.79 Å². The molecule has 0 amide bonds. The second kappa shape index (κ2) is 6.02. The van der Waals surface area contributed by atoms with Gasteiger partial charge in [-0.3, -0.25) is 0 Å². The third kappa shape index (κ3) is 3.58. The van der Waals surface area contributed by atoms with Gasteiger partial charge in [-0.05, 0) is 44.2 Å². The minimum atomic E-state index is -0.966. The molecule has 5 heteroatoms. The van der Waals surface area contributed by atoms with Crippen molar-refractivity contribution in [2.45, 2.75) is 38.3 Å². The maximum absolute atomic E-state index is 10.7. The number of furan rings is 1. The highest BCUT2D eigenvalue weighted by atomic mass is 16.4. The highest BCUT2D eigenvalue weighted by Crippen LogP contribution is 2.23. The van der Waals surface area contributed by atoms with Gasteiger partial charge < -0.3 is 19.9 Å². The third-order valence-corrected chi connectivity index (χ3v) is 3.45. The van der Waals surface area contributed by atoms with E-state index in [1.165, 1.54) is 6.26 Å². The van der Waals surface area contributed by atoms with Crippen molar-refractivity contribution >= 4 is 5.97 Å². The summed E-state index contributed by atoms with van der Waals surface area (Å²) in [7, 11) is 0. The van der Waals surface area contributed by atoms with E-state index < -0.39 is 5.97 Å². The molecule has 1 aliphatic rings. The fraction of sp³-hybridized carbons (Fsp3) is 0.615. The van der Waals surface area contributed by atoms with Gasteiger partial charge in [0, 0.05) is 0 Å². The first-order valence-electron chi connectivity index (χ1n) is 6.34. The lowest BCUT2D eigenvalue weighted by molar-refractivity contribution is 0.0696. The summed E-state index contributed by atoms with van der Waals surface area (Å²) in [6.07, 6.45) is 5.01. The van der Waals surface area contributed by atoms with E-state index in [2.05, 4.69) is 5.32 Å². The number of hydrogen-bond donors (Lipinski definition) is 3. The predicted octanol–water partition coefficient (Wildman–Crippen LogP) is 1.62. The average Bonchev–Trinajstić information content (AvgIpc) is 2.81. The molecule has 18 heavy (non-hydrogen) atoms. The summed E-state index contributed by atoms with van der Waals surface area (Å²) >= 11 is 0. The van der Waals surface area contributed by atoms with Crippen molar-refractivity contribution in [3.05, 3.63) is 23.7 Å². The van der Waals surface area contributed by atoms with Gasteiger partial charge in [-0.2, -0.15) is 0 Å². The standard InChI is InChI=1S/C13H19NO4/c15-11-3-1-9(2-4-11)6-14-7-12-5-10(8-18-12)13(16)17/h5,8-9,11,14-15H,1-4,6-7H2,(H,16,17). The van der Waals surface area contributed by atoms with Crippen LogP contribution in [0.4, 0.5) is 0 Å². The Kier molecular flexibility index (Phi) is 4.38. The molecule has 3 N–H and O–H groups in total. The molecule has 1 aromatic rings. The highest BCUT2D eigenvalue weighted by molar-refractivity contribution is 5.87. The van der Waals surface area contributed by atoms with Gasteiger partial charge in [0.05, 0.1) is 18.2 Å². The van der Waals surface area contributed by atoms with Gasteiger partial charge in [0.15, 0.2) is 0 Å². The monoisotopic (exact) mass is 253 g/mol. The first-order valence-corrected chi connectivity index (χ1v) is 6.34. The molecule has 2 rings (SSSR count). The molecule has 0 bridgehead atoms. The van der Waals surface area contributed by atoms with Crippen LogP contribution in [0.2, 0.25) is 0 Å².